The van der Waals surface area contributed by atoms with E-state index in [1.807, 2.05) is 0 Å². The minimum Gasteiger partial charge on any atom is -0.492 e. The van der Waals surface area contributed by atoms with Crippen molar-refractivity contribution in [3.8, 4) is 67.1 Å². The van der Waals surface area contributed by atoms with E-state index in [-0.39, 0.29) is 5.41 Å². The van der Waals surface area contributed by atoms with Gasteiger partial charge in [0, 0.05) is 50.6 Å². The van der Waals surface area contributed by atoms with Crippen LogP contribution in [0.3, 0.4) is 0 Å². The molecule has 2 heterocycles. The van der Waals surface area contributed by atoms with Crippen LogP contribution in [0.15, 0.2) is 170 Å². The fourth-order valence-electron chi connectivity index (χ4n) is 16.0. The summed E-state index contributed by atoms with van der Waals surface area (Å²) >= 11 is 0. The highest BCUT2D eigenvalue weighted by atomic mass is 16.5. The number of benzene rings is 8. The Balaban J connectivity index is 0.946. The van der Waals surface area contributed by atoms with Gasteiger partial charge in [0.2, 0.25) is 0 Å². The minimum absolute atomic E-state index is 0.0266. The van der Waals surface area contributed by atoms with Gasteiger partial charge in [-0.3, -0.25) is 9.80 Å². The van der Waals surface area contributed by atoms with E-state index in [1.54, 1.807) is 0 Å². The van der Waals surface area contributed by atoms with Gasteiger partial charge in [-0.2, -0.15) is 0 Å². The first-order valence-electron chi connectivity index (χ1n) is 33.9. The number of hydrogen-bond acceptors (Lipinski definition) is 6. The molecule has 0 saturated carbocycles. The lowest BCUT2D eigenvalue weighted by Gasteiger charge is -2.34. The Morgan fingerprint density at radius 3 is 1.56 bits per heavy atom. The third-order valence-electron chi connectivity index (χ3n) is 20.7. The van der Waals surface area contributed by atoms with Crippen molar-refractivity contribution in [1.82, 2.24) is 9.80 Å². The molecule has 0 amide bonds. The predicted octanol–water partition coefficient (Wildman–Crippen LogP) is 19.1. The maximum atomic E-state index is 6.59. The first kappa shape index (κ1) is 59.2. The van der Waals surface area contributed by atoms with E-state index in [0.717, 1.165) is 83.6 Å². The molecule has 2 unspecified atom stereocenters. The molecule has 450 valence electrons. The smallest absolute Gasteiger partial charge is 0.119 e. The standard InChI is InChI=1S/C81H92N2O4/c1-4-7-9-11-13-15-22-69-67-23-16-17-24-68(67)70-40-31-61(56-74(69)70)66-26-21-28-76-79(66)73-42-30-60(59-29-41-72-71-25-18-19-27-75(71)80(6-3,77(72)57-59)43-20-14-12-10-8-5-2)58-78(73)81(76,62-32-36-64(37-33-62)86-54-48-82-44-50-84-51-45-82)63-34-38-65(39-35-63)87-55-49-83-46-52-85-53-47-83/h16-19,21,23-42,56-58,69H,4-15,20,22,43-55H2,1-3H3. The van der Waals surface area contributed by atoms with Crippen LogP contribution in [0.1, 0.15) is 168 Å². The molecule has 2 atom stereocenters. The largest absolute Gasteiger partial charge is 0.492 e. The predicted molar refractivity (Wildman–Crippen MR) is 360 cm³/mol. The van der Waals surface area contributed by atoms with Crippen molar-refractivity contribution in [2.75, 3.05) is 78.9 Å². The van der Waals surface area contributed by atoms with Crippen molar-refractivity contribution in [3.05, 3.63) is 214 Å². The van der Waals surface area contributed by atoms with Crippen LogP contribution in [0, 0.1) is 0 Å². The van der Waals surface area contributed by atoms with Gasteiger partial charge in [-0.25, -0.2) is 0 Å². The van der Waals surface area contributed by atoms with Crippen molar-refractivity contribution in [2.45, 2.75) is 134 Å². The lowest BCUT2D eigenvalue weighted by atomic mass is 9.67. The average Bonchev–Trinajstić information content (AvgIpc) is 1.59. The molecule has 0 radical (unpaired) electrons. The van der Waals surface area contributed by atoms with Crippen LogP contribution in [0.4, 0.5) is 0 Å². The molecule has 87 heavy (non-hydrogen) atoms. The summed E-state index contributed by atoms with van der Waals surface area (Å²) in [5, 5.41) is 0. The maximum absolute atomic E-state index is 6.59. The highest BCUT2D eigenvalue weighted by Gasteiger charge is 2.48. The molecule has 2 aliphatic heterocycles. The molecule has 5 aliphatic rings. The van der Waals surface area contributed by atoms with E-state index in [1.165, 1.54) is 190 Å². The van der Waals surface area contributed by atoms with E-state index < -0.39 is 5.41 Å². The summed E-state index contributed by atoms with van der Waals surface area (Å²) in [5.41, 5.74) is 23.6. The van der Waals surface area contributed by atoms with Gasteiger partial charge in [0.25, 0.3) is 0 Å². The summed E-state index contributed by atoms with van der Waals surface area (Å²) in [6.45, 7) is 17.0. The van der Waals surface area contributed by atoms with Crippen LogP contribution in [0.25, 0.3) is 55.6 Å². The number of ether oxygens (including phenoxy) is 4. The van der Waals surface area contributed by atoms with E-state index in [0.29, 0.717) is 19.1 Å². The molecule has 6 nitrogen and oxygen atoms in total. The first-order chi connectivity index (χ1) is 43.0. The number of fused-ring (bicyclic) bond motifs is 9. The topological polar surface area (TPSA) is 43.4 Å². The molecule has 0 spiro atoms. The molecule has 8 aromatic carbocycles. The molecule has 0 N–H and O–H groups in total. The molecular weight excluding hydrogens is 1060 g/mol. The molecule has 6 heteroatoms. The van der Waals surface area contributed by atoms with E-state index in [2.05, 4.69) is 200 Å². The zero-order valence-electron chi connectivity index (χ0n) is 52.4. The monoisotopic (exact) mass is 1160 g/mol. The third kappa shape index (κ3) is 11.8. The Labute approximate surface area is 520 Å². The number of rotatable bonds is 27. The quantitative estimate of drug-likeness (QED) is 0.0478. The molecular formula is C81H92N2O4. The Kier molecular flexibility index (Phi) is 18.6. The summed E-state index contributed by atoms with van der Waals surface area (Å²) in [4.78, 5) is 4.88. The van der Waals surface area contributed by atoms with Crippen LogP contribution in [0.5, 0.6) is 11.5 Å². The second-order valence-electron chi connectivity index (χ2n) is 25.6. The molecule has 13 rings (SSSR count). The first-order valence-corrected chi connectivity index (χ1v) is 33.9. The normalized spacial score (nSPS) is 18.2. The van der Waals surface area contributed by atoms with Gasteiger partial charge in [0.1, 0.15) is 24.7 Å². The lowest BCUT2D eigenvalue weighted by Crippen LogP contribution is -2.38. The second-order valence-corrected chi connectivity index (χ2v) is 25.6. The number of unbranched alkanes of at least 4 members (excludes halogenated alkanes) is 10. The maximum Gasteiger partial charge on any atom is 0.119 e. The van der Waals surface area contributed by atoms with Crippen LogP contribution >= 0.6 is 0 Å². The summed E-state index contributed by atoms with van der Waals surface area (Å²) in [6, 6.07) is 66.5. The fraction of sp³-hybridized carbons (Fsp3) is 0.407. The van der Waals surface area contributed by atoms with E-state index in [4.69, 9.17) is 18.9 Å². The van der Waals surface area contributed by atoms with Gasteiger partial charge in [-0.05, 0) is 162 Å². The molecule has 2 fully saturated rings. The zero-order chi connectivity index (χ0) is 59.0. The van der Waals surface area contributed by atoms with Gasteiger partial charge in [-0.1, -0.05) is 225 Å². The van der Waals surface area contributed by atoms with Gasteiger partial charge in [-0.15, -0.1) is 0 Å². The van der Waals surface area contributed by atoms with Gasteiger partial charge >= 0.3 is 0 Å². The van der Waals surface area contributed by atoms with Crippen molar-refractivity contribution in [3.63, 3.8) is 0 Å². The number of morpholine rings is 2. The van der Waals surface area contributed by atoms with Crippen molar-refractivity contribution in [2.24, 2.45) is 0 Å². The van der Waals surface area contributed by atoms with Crippen molar-refractivity contribution in [1.29, 1.82) is 0 Å². The SMILES string of the molecule is CCCCCCCCC1c2ccccc2-c2ccc(-c3cccc4c3-c3ccc(-c5ccc6c(c5)C(CC)(CCCCCCCC)c5ccccc5-6)cc3C4(c3ccc(OCCN4CCOCC4)cc3)c3ccc(OCCN4CCOCC4)cc3)cc21. The number of hydrogen-bond donors (Lipinski definition) is 0. The Morgan fingerprint density at radius 1 is 0.414 bits per heavy atom. The summed E-state index contributed by atoms with van der Waals surface area (Å²) in [5.74, 6) is 2.16. The van der Waals surface area contributed by atoms with E-state index in [9.17, 15) is 0 Å². The average molecular weight is 1160 g/mol. The van der Waals surface area contributed by atoms with Crippen LogP contribution in [-0.4, -0.2) is 88.7 Å². The molecule has 0 aromatic heterocycles. The number of nitrogens with zero attached hydrogens (tertiary/aromatic N) is 2. The fourth-order valence-corrected chi connectivity index (χ4v) is 16.0. The Morgan fingerprint density at radius 2 is 0.920 bits per heavy atom. The summed E-state index contributed by atoms with van der Waals surface area (Å²) in [7, 11) is 0. The van der Waals surface area contributed by atoms with Crippen LogP contribution < -0.4 is 9.47 Å². The molecule has 3 aliphatic carbocycles. The van der Waals surface area contributed by atoms with Crippen molar-refractivity contribution >= 4 is 0 Å². The minimum atomic E-state index is -0.694. The van der Waals surface area contributed by atoms with Crippen LogP contribution in [0.2, 0.25) is 0 Å². The highest BCUT2D eigenvalue weighted by molar-refractivity contribution is 5.97. The van der Waals surface area contributed by atoms with Crippen LogP contribution in [-0.2, 0) is 20.3 Å². The van der Waals surface area contributed by atoms with Gasteiger partial charge < -0.3 is 18.9 Å². The van der Waals surface area contributed by atoms with Gasteiger partial charge in [0.15, 0.2) is 0 Å². The van der Waals surface area contributed by atoms with E-state index >= 15 is 0 Å². The Hall–Kier alpha value is -6.80. The third-order valence-corrected chi connectivity index (χ3v) is 20.7. The highest BCUT2D eigenvalue weighted by Crippen LogP contribution is 2.61. The molecule has 2 saturated heterocycles. The van der Waals surface area contributed by atoms with Crippen molar-refractivity contribution < 1.29 is 18.9 Å². The molecule has 0 bridgehead atoms. The zero-order valence-corrected chi connectivity index (χ0v) is 52.4. The molecule has 8 aromatic rings. The lowest BCUT2D eigenvalue weighted by molar-refractivity contribution is 0.0321. The van der Waals surface area contributed by atoms with Gasteiger partial charge in [0.05, 0.1) is 31.8 Å². The summed E-state index contributed by atoms with van der Waals surface area (Å²) < 4.78 is 24.5. The summed E-state index contributed by atoms with van der Waals surface area (Å²) in [6.07, 6.45) is 19.0. The Bertz CT molecular complexity index is 3540. The second kappa shape index (κ2) is 27.3.